The molecule has 0 radical (unpaired) electrons. The van der Waals surface area contributed by atoms with Gasteiger partial charge in [-0.1, -0.05) is 0 Å². The fraction of sp³-hybridized carbons (Fsp3) is 0.923. The molecule has 0 aromatic carbocycles. The van der Waals surface area contributed by atoms with Gasteiger partial charge < -0.3 is 21.3 Å². The molecule has 2 unspecified atom stereocenters. The minimum absolute atomic E-state index is 0.265. The Kier molecular flexibility index (Phi) is 5.13. The van der Waals surface area contributed by atoms with Gasteiger partial charge in [-0.15, -0.1) is 0 Å². The van der Waals surface area contributed by atoms with Crippen LogP contribution in [0.2, 0.25) is 0 Å². The first-order chi connectivity index (χ1) is 8.24. The highest BCUT2D eigenvalue weighted by Crippen LogP contribution is 2.20. The number of piperidine rings is 1. The molecule has 0 spiro atoms. The summed E-state index contributed by atoms with van der Waals surface area (Å²) in [5.41, 5.74) is 10.3. The van der Waals surface area contributed by atoms with Gasteiger partial charge in [0, 0.05) is 12.1 Å². The Balaban J connectivity index is 2.51. The Morgan fingerprint density at radius 3 is 2.44 bits per heavy atom. The average molecular weight is 256 g/mol. The Labute approximate surface area is 110 Å². The van der Waals surface area contributed by atoms with Crippen LogP contribution in [-0.2, 0) is 4.79 Å². The molecule has 1 aliphatic heterocycles. The first-order valence-corrected chi connectivity index (χ1v) is 6.73. The summed E-state index contributed by atoms with van der Waals surface area (Å²) in [5, 5.41) is 0. The average Bonchev–Trinajstić information content (AvgIpc) is 2.28. The molecule has 1 heterocycles. The second kappa shape index (κ2) is 5.99. The van der Waals surface area contributed by atoms with Crippen LogP contribution in [0.15, 0.2) is 0 Å². The minimum Gasteiger partial charge on any atom is -0.368 e. The number of primary amides is 1. The first-order valence-electron chi connectivity index (χ1n) is 6.73. The van der Waals surface area contributed by atoms with Gasteiger partial charge in [0.2, 0.25) is 5.91 Å². The third-order valence-electron chi connectivity index (χ3n) is 4.24. The van der Waals surface area contributed by atoms with Crippen molar-refractivity contribution in [3.63, 3.8) is 0 Å². The van der Waals surface area contributed by atoms with E-state index in [1.165, 1.54) is 12.8 Å². The van der Waals surface area contributed by atoms with Crippen molar-refractivity contribution in [2.75, 3.05) is 27.2 Å². The van der Waals surface area contributed by atoms with Crippen LogP contribution in [-0.4, -0.2) is 60.5 Å². The molecule has 1 aliphatic rings. The van der Waals surface area contributed by atoms with E-state index in [1.807, 2.05) is 0 Å². The summed E-state index contributed by atoms with van der Waals surface area (Å²) in [6.07, 6.45) is 2.95. The SMILES string of the molecule is CC(CC(C)(N)C(N)=O)N(C)C1CCN(C)CC1. The molecule has 2 atom stereocenters. The summed E-state index contributed by atoms with van der Waals surface area (Å²) in [5.74, 6) is -0.425. The van der Waals surface area contributed by atoms with E-state index in [2.05, 4.69) is 30.8 Å². The molecule has 0 aromatic rings. The normalized spacial score (nSPS) is 23.9. The second-order valence-corrected chi connectivity index (χ2v) is 6.03. The van der Waals surface area contributed by atoms with Crippen molar-refractivity contribution in [2.45, 2.75) is 50.7 Å². The van der Waals surface area contributed by atoms with Gasteiger partial charge in [0.05, 0.1) is 5.54 Å². The summed E-state index contributed by atoms with van der Waals surface area (Å²) in [7, 11) is 4.28. The van der Waals surface area contributed by atoms with Gasteiger partial charge in [-0.2, -0.15) is 0 Å². The van der Waals surface area contributed by atoms with Gasteiger partial charge in [-0.05, 0) is 60.3 Å². The number of carbonyl (C=O) groups excluding carboxylic acids is 1. The predicted molar refractivity (Wildman–Crippen MR) is 74.1 cm³/mol. The number of rotatable bonds is 5. The Morgan fingerprint density at radius 1 is 1.50 bits per heavy atom. The molecule has 0 aliphatic carbocycles. The molecule has 1 saturated heterocycles. The summed E-state index contributed by atoms with van der Waals surface area (Å²) in [6, 6.07) is 0.848. The number of nitrogens with two attached hydrogens (primary N) is 2. The molecule has 18 heavy (non-hydrogen) atoms. The van der Waals surface area contributed by atoms with Crippen LogP contribution in [0.1, 0.15) is 33.1 Å². The quantitative estimate of drug-likeness (QED) is 0.725. The lowest BCUT2D eigenvalue weighted by Crippen LogP contribution is -2.54. The van der Waals surface area contributed by atoms with Gasteiger partial charge in [-0.25, -0.2) is 0 Å². The van der Waals surface area contributed by atoms with Gasteiger partial charge in [0.15, 0.2) is 0 Å². The Bertz CT molecular complexity index is 285. The van der Waals surface area contributed by atoms with E-state index in [1.54, 1.807) is 6.92 Å². The highest BCUT2D eigenvalue weighted by Gasteiger charge is 2.31. The molecule has 1 amide bonds. The number of amides is 1. The standard InChI is InChI=1S/C13H28N4O/c1-10(9-13(2,15)12(14)18)17(4)11-5-7-16(3)8-6-11/h10-11H,5-9,15H2,1-4H3,(H2,14,18). The van der Waals surface area contributed by atoms with E-state index in [0.29, 0.717) is 12.5 Å². The van der Waals surface area contributed by atoms with E-state index < -0.39 is 11.4 Å². The lowest BCUT2D eigenvalue weighted by Gasteiger charge is -2.40. The van der Waals surface area contributed by atoms with Crippen LogP contribution in [0.4, 0.5) is 0 Å². The monoisotopic (exact) mass is 256 g/mol. The smallest absolute Gasteiger partial charge is 0.237 e. The van der Waals surface area contributed by atoms with Crippen molar-refractivity contribution in [1.82, 2.24) is 9.80 Å². The predicted octanol–water partition coefficient (Wildman–Crippen LogP) is -0.00630. The number of nitrogens with zero attached hydrogens (tertiary/aromatic N) is 2. The van der Waals surface area contributed by atoms with E-state index >= 15 is 0 Å². The first kappa shape index (κ1) is 15.4. The van der Waals surface area contributed by atoms with Crippen molar-refractivity contribution in [2.24, 2.45) is 11.5 Å². The van der Waals surface area contributed by atoms with Crippen LogP contribution in [0.25, 0.3) is 0 Å². The van der Waals surface area contributed by atoms with Crippen LogP contribution < -0.4 is 11.5 Å². The van der Waals surface area contributed by atoms with Crippen LogP contribution in [0.5, 0.6) is 0 Å². The molecule has 106 valence electrons. The summed E-state index contributed by atoms with van der Waals surface area (Å²) >= 11 is 0. The van der Waals surface area contributed by atoms with Gasteiger partial charge >= 0.3 is 0 Å². The van der Waals surface area contributed by atoms with Crippen molar-refractivity contribution >= 4 is 5.91 Å². The molecular formula is C13H28N4O. The van der Waals surface area contributed by atoms with E-state index in [4.69, 9.17) is 11.5 Å². The second-order valence-electron chi connectivity index (χ2n) is 6.03. The number of likely N-dealkylation sites (tertiary alicyclic amines) is 1. The molecular weight excluding hydrogens is 228 g/mol. The maximum absolute atomic E-state index is 11.3. The molecule has 4 N–H and O–H groups in total. The fourth-order valence-electron chi connectivity index (χ4n) is 2.62. The van der Waals surface area contributed by atoms with Crippen LogP contribution in [0.3, 0.4) is 0 Å². The van der Waals surface area contributed by atoms with Crippen molar-refractivity contribution in [3.8, 4) is 0 Å². The molecule has 1 rings (SSSR count). The topological polar surface area (TPSA) is 75.6 Å². The Hall–Kier alpha value is -0.650. The Morgan fingerprint density at radius 2 is 2.00 bits per heavy atom. The molecule has 0 saturated carbocycles. The minimum atomic E-state index is -0.918. The fourth-order valence-corrected chi connectivity index (χ4v) is 2.62. The molecule has 0 aromatic heterocycles. The molecule has 5 heteroatoms. The van der Waals surface area contributed by atoms with Crippen molar-refractivity contribution < 1.29 is 4.79 Å². The number of hydrogen-bond donors (Lipinski definition) is 2. The molecule has 5 nitrogen and oxygen atoms in total. The zero-order valence-corrected chi connectivity index (χ0v) is 12.1. The lowest BCUT2D eigenvalue weighted by atomic mass is 9.92. The van der Waals surface area contributed by atoms with Crippen molar-refractivity contribution in [3.05, 3.63) is 0 Å². The summed E-state index contributed by atoms with van der Waals surface area (Å²) in [6.45, 7) is 6.11. The van der Waals surface area contributed by atoms with Gasteiger partial charge in [0.25, 0.3) is 0 Å². The zero-order chi connectivity index (χ0) is 13.9. The molecule has 0 bridgehead atoms. The maximum atomic E-state index is 11.3. The molecule has 1 fully saturated rings. The van der Waals surface area contributed by atoms with Gasteiger partial charge in [-0.3, -0.25) is 4.79 Å². The zero-order valence-electron chi connectivity index (χ0n) is 12.1. The van der Waals surface area contributed by atoms with Crippen molar-refractivity contribution in [1.29, 1.82) is 0 Å². The maximum Gasteiger partial charge on any atom is 0.237 e. The van der Waals surface area contributed by atoms with Crippen LogP contribution >= 0.6 is 0 Å². The third-order valence-corrected chi connectivity index (χ3v) is 4.24. The highest BCUT2D eigenvalue weighted by molar-refractivity contribution is 5.83. The summed E-state index contributed by atoms with van der Waals surface area (Å²) < 4.78 is 0. The lowest BCUT2D eigenvalue weighted by molar-refractivity contribution is -0.123. The van der Waals surface area contributed by atoms with E-state index in [-0.39, 0.29) is 6.04 Å². The third kappa shape index (κ3) is 3.93. The number of hydrogen-bond acceptors (Lipinski definition) is 4. The van der Waals surface area contributed by atoms with Gasteiger partial charge in [0.1, 0.15) is 0 Å². The van der Waals surface area contributed by atoms with E-state index in [9.17, 15) is 4.79 Å². The largest absolute Gasteiger partial charge is 0.368 e. The van der Waals surface area contributed by atoms with Crippen LogP contribution in [0, 0.1) is 0 Å². The number of carbonyl (C=O) groups is 1. The highest BCUT2D eigenvalue weighted by atomic mass is 16.1. The van der Waals surface area contributed by atoms with E-state index in [0.717, 1.165) is 13.1 Å². The summed E-state index contributed by atoms with van der Waals surface area (Å²) in [4.78, 5) is 16.0.